The van der Waals surface area contributed by atoms with Gasteiger partial charge in [-0.1, -0.05) is 48.0 Å². The van der Waals surface area contributed by atoms with Crippen molar-refractivity contribution in [3.63, 3.8) is 0 Å². The van der Waals surface area contributed by atoms with Gasteiger partial charge in [0.2, 0.25) is 0 Å². The van der Waals surface area contributed by atoms with Crippen molar-refractivity contribution in [2.24, 2.45) is 4.99 Å². The number of nitrogens with one attached hydrogen (secondary N) is 1. The number of carbonyl (C=O) groups excluding carboxylic acids is 2. The maximum atomic E-state index is 14.2. The first-order chi connectivity index (χ1) is 18.8. The first-order valence-electron chi connectivity index (χ1n) is 13.5. The highest BCUT2D eigenvalue weighted by Crippen LogP contribution is 2.30. The van der Waals surface area contributed by atoms with Gasteiger partial charge in [0.25, 0.3) is 11.8 Å². The van der Waals surface area contributed by atoms with E-state index < -0.39 is 11.7 Å². The highest BCUT2D eigenvalue weighted by Gasteiger charge is 2.25. The van der Waals surface area contributed by atoms with Crippen LogP contribution in [0.4, 0.5) is 10.1 Å². The number of rotatable bonds is 7. The van der Waals surface area contributed by atoms with Crippen LogP contribution in [0.3, 0.4) is 0 Å². The molecule has 0 aromatic heterocycles. The van der Waals surface area contributed by atoms with Gasteiger partial charge in [0.1, 0.15) is 5.82 Å². The predicted molar refractivity (Wildman–Crippen MR) is 157 cm³/mol. The zero-order valence-electron chi connectivity index (χ0n) is 23.1. The highest BCUT2D eigenvalue weighted by atomic mass is 19.1. The minimum atomic E-state index is -0.576. The van der Waals surface area contributed by atoms with Gasteiger partial charge >= 0.3 is 0 Å². The summed E-state index contributed by atoms with van der Waals surface area (Å²) < 4.78 is 14.2. The standard InChI is InChI=1S/C33H36FN3O2/c1-5-24(21-35-6-2)25-10-12-26(13-11-25)27-15-17-37(18-16-27)33(39)28-9-8-23(4)31(20-28)36-32(38)29-19-22(3)7-14-30(29)34/h5,7-14,19-21,27H,6,15-18H2,1-4H3,(H,36,38)/b24-5+,35-21?. The first kappa shape index (κ1) is 28.0. The molecule has 3 aromatic carbocycles. The van der Waals surface area contributed by atoms with Crippen LogP contribution < -0.4 is 5.32 Å². The number of aryl methyl sites for hydroxylation is 2. The van der Waals surface area contributed by atoms with Crippen LogP contribution >= 0.6 is 0 Å². The number of amides is 2. The van der Waals surface area contributed by atoms with E-state index in [0.717, 1.165) is 41.6 Å². The summed E-state index contributed by atoms with van der Waals surface area (Å²) in [6, 6.07) is 18.4. The largest absolute Gasteiger partial charge is 0.339 e. The molecule has 0 spiro atoms. The van der Waals surface area contributed by atoms with Crippen molar-refractivity contribution in [3.05, 3.63) is 106 Å². The summed E-state index contributed by atoms with van der Waals surface area (Å²) in [5.41, 5.74) is 6.15. The van der Waals surface area contributed by atoms with Crippen LogP contribution in [-0.2, 0) is 0 Å². The molecule has 4 rings (SSSR count). The van der Waals surface area contributed by atoms with Crippen LogP contribution in [0.1, 0.15) is 75.6 Å². The maximum Gasteiger partial charge on any atom is 0.258 e. The van der Waals surface area contributed by atoms with Crippen molar-refractivity contribution >= 4 is 29.3 Å². The lowest BCUT2D eigenvalue weighted by Gasteiger charge is -2.32. The molecular formula is C33H36FN3O2. The zero-order chi connectivity index (χ0) is 27.9. The van der Waals surface area contributed by atoms with E-state index in [9.17, 15) is 14.0 Å². The minimum absolute atomic E-state index is 0.0164. The summed E-state index contributed by atoms with van der Waals surface area (Å²) in [5.74, 6) is -0.768. The van der Waals surface area contributed by atoms with Crippen molar-refractivity contribution in [2.45, 2.75) is 46.5 Å². The van der Waals surface area contributed by atoms with E-state index >= 15 is 0 Å². The molecule has 1 saturated heterocycles. The Hall–Kier alpha value is -4.06. The molecule has 5 nitrogen and oxygen atoms in total. The van der Waals surface area contributed by atoms with E-state index in [1.807, 2.05) is 44.9 Å². The second kappa shape index (κ2) is 12.7. The molecule has 0 unspecified atom stereocenters. The number of likely N-dealkylation sites (tertiary alicyclic amines) is 1. The summed E-state index contributed by atoms with van der Waals surface area (Å²) in [6.07, 6.45) is 5.77. The molecule has 0 bridgehead atoms. The minimum Gasteiger partial charge on any atom is -0.339 e. The molecule has 3 aromatic rings. The van der Waals surface area contributed by atoms with E-state index in [4.69, 9.17) is 0 Å². The number of nitrogens with zero attached hydrogens (tertiary/aromatic N) is 2. The van der Waals surface area contributed by atoms with Gasteiger partial charge in [0.05, 0.1) is 5.56 Å². The number of anilines is 1. The summed E-state index contributed by atoms with van der Waals surface area (Å²) >= 11 is 0. The van der Waals surface area contributed by atoms with Crippen LogP contribution in [-0.4, -0.2) is 42.6 Å². The summed E-state index contributed by atoms with van der Waals surface area (Å²) in [6.45, 7) is 9.79. The molecule has 202 valence electrons. The Morgan fingerprint density at radius 1 is 1.00 bits per heavy atom. The average Bonchev–Trinajstić information content (AvgIpc) is 2.96. The molecular weight excluding hydrogens is 489 g/mol. The van der Waals surface area contributed by atoms with Crippen molar-refractivity contribution in [2.75, 3.05) is 25.0 Å². The smallest absolute Gasteiger partial charge is 0.258 e. The number of halogens is 1. The molecule has 1 aliphatic heterocycles. The number of piperidine rings is 1. The predicted octanol–water partition coefficient (Wildman–Crippen LogP) is 7.21. The molecule has 1 fully saturated rings. The van der Waals surface area contributed by atoms with Crippen molar-refractivity contribution in [3.8, 4) is 0 Å². The summed E-state index contributed by atoms with van der Waals surface area (Å²) in [5, 5.41) is 2.79. The second-order valence-corrected chi connectivity index (χ2v) is 10.0. The Kier molecular flexibility index (Phi) is 9.07. The molecule has 2 amide bonds. The van der Waals surface area contributed by atoms with E-state index in [0.29, 0.717) is 30.3 Å². The Morgan fingerprint density at radius 2 is 1.69 bits per heavy atom. The van der Waals surface area contributed by atoms with Crippen molar-refractivity contribution < 1.29 is 14.0 Å². The fourth-order valence-corrected chi connectivity index (χ4v) is 4.94. The van der Waals surface area contributed by atoms with Crippen LogP contribution in [0, 0.1) is 19.7 Å². The lowest BCUT2D eigenvalue weighted by molar-refractivity contribution is 0.0712. The number of aliphatic imine (C=N–C) groups is 1. The Balaban J connectivity index is 1.40. The van der Waals surface area contributed by atoms with E-state index in [2.05, 4.69) is 40.7 Å². The fraction of sp³-hybridized carbons (Fsp3) is 0.303. The Bertz CT molecular complexity index is 1400. The third-order valence-corrected chi connectivity index (χ3v) is 7.32. The van der Waals surface area contributed by atoms with Gasteiger partial charge in [-0.15, -0.1) is 0 Å². The summed E-state index contributed by atoms with van der Waals surface area (Å²) in [4.78, 5) is 32.3. The first-order valence-corrected chi connectivity index (χ1v) is 13.5. The summed E-state index contributed by atoms with van der Waals surface area (Å²) in [7, 11) is 0. The van der Waals surface area contributed by atoms with Gasteiger partial charge in [-0.05, 0) is 93.0 Å². The fourth-order valence-electron chi connectivity index (χ4n) is 4.94. The molecule has 0 aliphatic carbocycles. The molecule has 1 heterocycles. The number of hydrogen-bond donors (Lipinski definition) is 1. The lowest BCUT2D eigenvalue weighted by atomic mass is 9.88. The Morgan fingerprint density at radius 3 is 2.36 bits per heavy atom. The average molecular weight is 526 g/mol. The van der Waals surface area contributed by atoms with Gasteiger partial charge < -0.3 is 10.2 Å². The molecule has 0 radical (unpaired) electrons. The third-order valence-electron chi connectivity index (χ3n) is 7.32. The van der Waals surface area contributed by atoms with Gasteiger partial charge in [-0.3, -0.25) is 14.6 Å². The van der Waals surface area contributed by atoms with Crippen LogP contribution in [0.5, 0.6) is 0 Å². The van der Waals surface area contributed by atoms with E-state index in [1.165, 1.54) is 17.7 Å². The number of carbonyl (C=O) groups is 2. The van der Waals surface area contributed by atoms with Gasteiger partial charge in [0, 0.05) is 37.1 Å². The van der Waals surface area contributed by atoms with Gasteiger partial charge in [-0.2, -0.15) is 0 Å². The number of allylic oxidation sites excluding steroid dienone is 2. The highest BCUT2D eigenvalue weighted by molar-refractivity contribution is 6.09. The SMILES string of the molecule is C/C=C(\C=NCC)c1ccc(C2CCN(C(=O)c3ccc(C)c(NC(=O)c4cc(C)ccc4F)c3)CC2)cc1. The monoisotopic (exact) mass is 525 g/mol. The lowest BCUT2D eigenvalue weighted by Crippen LogP contribution is -2.38. The van der Waals surface area contributed by atoms with Crippen molar-refractivity contribution in [1.29, 1.82) is 0 Å². The van der Waals surface area contributed by atoms with Gasteiger partial charge in [0.15, 0.2) is 0 Å². The van der Waals surface area contributed by atoms with Crippen LogP contribution in [0.25, 0.3) is 5.57 Å². The van der Waals surface area contributed by atoms with Crippen LogP contribution in [0.2, 0.25) is 0 Å². The molecule has 0 atom stereocenters. The maximum absolute atomic E-state index is 14.2. The van der Waals surface area contributed by atoms with Crippen LogP contribution in [0.15, 0.2) is 71.7 Å². The molecule has 1 N–H and O–H groups in total. The molecule has 0 saturated carbocycles. The molecule has 1 aliphatic rings. The number of hydrogen-bond acceptors (Lipinski definition) is 3. The Labute approximate surface area is 230 Å². The second-order valence-electron chi connectivity index (χ2n) is 10.0. The quantitative estimate of drug-likeness (QED) is 0.331. The topological polar surface area (TPSA) is 61.8 Å². The molecule has 39 heavy (non-hydrogen) atoms. The van der Waals surface area contributed by atoms with E-state index in [1.54, 1.807) is 18.2 Å². The zero-order valence-corrected chi connectivity index (χ0v) is 23.1. The molecule has 6 heteroatoms. The number of benzene rings is 3. The van der Waals surface area contributed by atoms with E-state index in [-0.39, 0.29) is 11.5 Å². The van der Waals surface area contributed by atoms with Crippen molar-refractivity contribution in [1.82, 2.24) is 4.90 Å². The normalized spacial score (nSPS) is 14.6. The third kappa shape index (κ3) is 6.69. The van der Waals surface area contributed by atoms with Gasteiger partial charge in [-0.25, -0.2) is 4.39 Å².